The molecule has 0 aliphatic carbocycles. The van der Waals surface area contributed by atoms with Crippen LogP contribution in [0.3, 0.4) is 0 Å². The van der Waals surface area contributed by atoms with Gasteiger partial charge in [-0.1, -0.05) is 30.3 Å². The Morgan fingerprint density at radius 3 is 2.52 bits per heavy atom. The van der Waals surface area contributed by atoms with E-state index in [-0.39, 0.29) is 5.91 Å². The molecule has 1 aliphatic heterocycles. The summed E-state index contributed by atoms with van der Waals surface area (Å²) in [6.07, 6.45) is 2.23. The van der Waals surface area contributed by atoms with Gasteiger partial charge >= 0.3 is 0 Å². The Kier molecular flexibility index (Phi) is 5.86. The van der Waals surface area contributed by atoms with E-state index in [1.54, 1.807) is 7.11 Å². The van der Waals surface area contributed by atoms with Crippen molar-refractivity contribution in [1.29, 1.82) is 0 Å². The van der Waals surface area contributed by atoms with E-state index in [4.69, 9.17) is 4.74 Å². The normalized spacial score (nSPS) is 15.5. The molecule has 2 heterocycles. The molecular weight excluding hydrogens is 362 g/mol. The number of nitrogens with one attached hydrogen (secondary N) is 1. The lowest BCUT2D eigenvalue weighted by molar-refractivity contribution is 0.0927. The molecule has 1 N–H and O–H groups in total. The Labute approximate surface area is 172 Å². The molecule has 0 spiro atoms. The van der Waals surface area contributed by atoms with Crippen molar-refractivity contribution >= 4 is 16.8 Å². The summed E-state index contributed by atoms with van der Waals surface area (Å²) >= 11 is 0. The molecule has 1 aliphatic rings. The Morgan fingerprint density at radius 1 is 1.10 bits per heavy atom. The fraction of sp³-hybridized carbons (Fsp3) is 0.375. The summed E-state index contributed by atoms with van der Waals surface area (Å²) < 4.78 is 7.20. The van der Waals surface area contributed by atoms with Crippen LogP contribution < -0.4 is 10.1 Å². The van der Waals surface area contributed by atoms with Crippen LogP contribution in [0, 0.1) is 5.92 Å². The average molecular weight is 392 g/mol. The number of benzene rings is 2. The van der Waals surface area contributed by atoms with Crippen LogP contribution in [0.25, 0.3) is 10.9 Å². The van der Waals surface area contributed by atoms with Crippen LogP contribution in [0.5, 0.6) is 5.75 Å². The molecule has 1 amide bonds. The summed E-state index contributed by atoms with van der Waals surface area (Å²) in [5.41, 5.74) is 3.13. The van der Waals surface area contributed by atoms with Crippen molar-refractivity contribution in [3.05, 3.63) is 65.9 Å². The predicted octanol–water partition coefficient (Wildman–Crippen LogP) is 3.83. The van der Waals surface area contributed by atoms with Crippen LogP contribution in [-0.2, 0) is 13.6 Å². The van der Waals surface area contributed by atoms with Crippen LogP contribution in [0.1, 0.15) is 28.9 Å². The SMILES string of the molecule is COc1ccc(CN2CCC(CNC(=O)c3cc4ccccc4n3C)CC2)cc1. The number of hydrogen-bond acceptors (Lipinski definition) is 3. The first kappa shape index (κ1) is 19.5. The molecule has 4 rings (SSSR count). The number of aryl methyl sites for hydroxylation is 1. The van der Waals surface area contributed by atoms with E-state index in [9.17, 15) is 4.79 Å². The highest BCUT2D eigenvalue weighted by atomic mass is 16.5. The van der Waals surface area contributed by atoms with E-state index >= 15 is 0 Å². The largest absolute Gasteiger partial charge is 0.497 e. The smallest absolute Gasteiger partial charge is 0.267 e. The van der Waals surface area contributed by atoms with Gasteiger partial charge in [0.25, 0.3) is 5.91 Å². The number of aromatic nitrogens is 1. The Balaban J connectivity index is 1.26. The number of carbonyl (C=O) groups excluding carboxylic acids is 1. The minimum Gasteiger partial charge on any atom is -0.497 e. The van der Waals surface area contributed by atoms with E-state index in [1.807, 2.05) is 54.1 Å². The highest BCUT2D eigenvalue weighted by molar-refractivity contribution is 5.98. The topological polar surface area (TPSA) is 46.5 Å². The first-order chi connectivity index (χ1) is 14.1. The molecule has 0 saturated carbocycles. The van der Waals surface area contributed by atoms with Gasteiger partial charge in [0.1, 0.15) is 11.4 Å². The highest BCUT2D eigenvalue weighted by Crippen LogP contribution is 2.21. The Hall–Kier alpha value is -2.79. The number of amides is 1. The second-order valence-corrected chi connectivity index (χ2v) is 7.93. The minimum atomic E-state index is 0.0179. The molecule has 152 valence electrons. The number of methoxy groups -OCH3 is 1. The van der Waals surface area contributed by atoms with Gasteiger partial charge in [-0.25, -0.2) is 0 Å². The third kappa shape index (κ3) is 4.46. The van der Waals surface area contributed by atoms with Crippen molar-refractivity contribution < 1.29 is 9.53 Å². The zero-order valence-electron chi connectivity index (χ0n) is 17.2. The monoisotopic (exact) mass is 391 g/mol. The van der Waals surface area contributed by atoms with Crippen LogP contribution in [-0.4, -0.2) is 42.1 Å². The molecule has 5 nitrogen and oxygen atoms in total. The summed E-state index contributed by atoms with van der Waals surface area (Å²) in [7, 11) is 3.65. The van der Waals surface area contributed by atoms with E-state index in [2.05, 4.69) is 22.3 Å². The highest BCUT2D eigenvalue weighted by Gasteiger charge is 2.21. The van der Waals surface area contributed by atoms with Gasteiger partial charge in [-0.3, -0.25) is 9.69 Å². The van der Waals surface area contributed by atoms with Crippen LogP contribution in [0.2, 0.25) is 0 Å². The lowest BCUT2D eigenvalue weighted by atomic mass is 9.96. The number of ether oxygens (including phenoxy) is 1. The third-order valence-corrected chi connectivity index (χ3v) is 6.01. The fourth-order valence-electron chi connectivity index (χ4n) is 4.17. The molecule has 1 saturated heterocycles. The van der Waals surface area contributed by atoms with Crippen molar-refractivity contribution in [3.63, 3.8) is 0 Å². The van der Waals surface area contributed by atoms with E-state index in [0.717, 1.165) is 61.4 Å². The van der Waals surface area contributed by atoms with E-state index in [0.29, 0.717) is 5.92 Å². The fourth-order valence-corrected chi connectivity index (χ4v) is 4.17. The van der Waals surface area contributed by atoms with Crippen molar-refractivity contribution in [2.75, 3.05) is 26.7 Å². The summed E-state index contributed by atoms with van der Waals surface area (Å²) in [4.78, 5) is 15.2. The quantitative estimate of drug-likeness (QED) is 0.695. The maximum Gasteiger partial charge on any atom is 0.267 e. The summed E-state index contributed by atoms with van der Waals surface area (Å²) in [5, 5.41) is 4.26. The Morgan fingerprint density at radius 2 is 1.83 bits per heavy atom. The number of piperidine rings is 1. The zero-order chi connectivity index (χ0) is 20.2. The van der Waals surface area contributed by atoms with E-state index in [1.165, 1.54) is 5.56 Å². The molecular formula is C24H29N3O2. The van der Waals surface area contributed by atoms with Crippen molar-refractivity contribution in [3.8, 4) is 5.75 Å². The number of para-hydroxylation sites is 1. The number of hydrogen-bond donors (Lipinski definition) is 1. The van der Waals surface area contributed by atoms with Gasteiger partial charge in [0, 0.05) is 31.0 Å². The molecule has 1 fully saturated rings. The number of nitrogens with zero attached hydrogens (tertiary/aromatic N) is 2. The average Bonchev–Trinajstić information content (AvgIpc) is 3.10. The predicted molar refractivity (Wildman–Crippen MR) is 116 cm³/mol. The molecule has 0 atom stereocenters. The Bertz CT molecular complexity index is 969. The third-order valence-electron chi connectivity index (χ3n) is 6.01. The molecule has 5 heteroatoms. The molecule has 1 aromatic heterocycles. The molecule has 0 bridgehead atoms. The molecule has 0 radical (unpaired) electrons. The van der Waals surface area contributed by atoms with Crippen molar-refractivity contribution in [2.24, 2.45) is 13.0 Å². The van der Waals surface area contributed by atoms with Gasteiger partial charge in [-0.15, -0.1) is 0 Å². The van der Waals surface area contributed by atoms with Gasteiger partial charge in [0.2, 0.25) is 0 Å². The number of carbonyl (C=O) groups is 1. The van der Waals surface area contributed by atoms with Gasteiger partial charge in [0.05, 0.1) is 7.11 Å². The van der Waals surface area contributed by atoms with E-state index < -0.39 is 0 Å². The van der Waals surface area contributed by atoms with Crippen LogP contribution in [0.4, 0.5) is 0 Å². The lowest BCUT2D eigenvalue weighted by Gasteiger charge is -2.32. The van der Waals surface area contributed by atoms with Gasteiger partial charge in [-0.05, 0) is 61.7 Å². The second-order valence-electron chi connectivity index (χ2n) is 7.93. The first-order valence-electron chi connectivity index (χ1n) is 10.3. The molecule has 0 unspecified atom stereocenters. The first-order valence-corrected chi connectivity index (χ1v) is 10.3. The van der Waals surface area contributed by atoms with Crippen molar-refractivity contribution in [2.45, 2.75) is 19.4 Å². The van der Waals surface area contributed by atoms with Crippen LogP contribution in [0.15, 0.2) is 54.6 Å². The molecule has 2 aromatic carbocycles. The second kappa shape index (κ2) is 8.70. The zero-order valence-corrected chi connectivity index (χ0v) is 17.2. The van der Waals surface area contributed by atoms with Gasteiger partial charge in [0.15, 0.2) is 0 Å². The number of likely N-dealkylation sites (tertiary alicyclic amines) is 1. The standard InChI is InChI=1S/C24H29N3O2/c1-26-22-6-4-3-5-20(22)15-23(26)24(28)25-16-18-11-13-27(14-12-18)17-19-7-9-21(29-2)10-8-19/h3-10,15,18H,11-14,16-17H2,1-2H3,(H,25,28). The van der Waals surface area contributed by atoms with Crippen molar-refractivity contribution in [1.82, 2.24) is 14.8 Å². The summed E-state index contributed by atoms with van der Waals surface area (Å²) in [6.45, 7) is 3.86. The lowest BCUT2D eigenvalue weighted by Crippen LogP contribution is -2.38. The summed E-state index contributed by atoms with van der Waals surface area (Å²) in [6, 6.07) is 18.4. The maximum atomic E-state index is 12.7. The molecule has 3 aromatic rings. The maximum absolute atomic E-state index is 12.7. The number of rotatable bonds is 6. The number of fused-ring (bicyclic) bond motifs is 1. The minimum absolute atomic E-state index is 0.0179. The van der Waals surface area contributed by atoms with Crippen LogP contribution >= 0.6 is 0 Å². The van der Waals surface area contributed by atoms with Gasteiger partial charge < -0.3 is 14.6 Å². The van der Waals surface area contributed by atoms with Gasteiger partial charge in [-0.2, -0.15) is 0 Å². The molecule has 29 heavy (non-hydrogen) atoms. The summed E-state index contributed by atoms with van der Waals surface area (Å²) in [5.74, 6) is 1.46.